The van der Waals surface area contributed by atoms with Crippen molar-refractivity contribution in [1.29, 1.82) is 0 Å². The molecule has 1 aromatic rings. The summed E-state index contributed by atoms with van der Waals surface area (Å²) in [5.74, 6) is -0.776. The van der Waals surface area contributed by atoms with Gasteiger partial charge in [-0.2, -0.15) is 0 Å². The van der Waals surface area contributed by atoms with E-state index in [2.05, 4.69) is 0 Å². The van der Waals surface area contributed by atoms with Crippen LogP contribution in [0.25, 0.3) is 0 Å². The summed E-state index contributed by atoms with van der Waals surface area (Å²) in [6.07, 6.45) is -2.07. The number of rotatable bonds is 2. The van der Waals surface area contributed by atoms with Gasteiger partial charge in [0.15, 0.2) is 0 Å². The molecule has 0 aliphatic carbocycles. The minimum atomic E-state index is -2.68. The maximum atomic E-state index is 12.6. The molecule has 4 heteroatoms. The molecule has 11 heavy (non-hydrogen) atoms. The van der Waals surface area contributed by atoms with Crippen LogP contribution in [0.3, 0.4) is 0 Å². The number of alkyl halides is 2. The maximum absolute atomic E-state index is 12.6. The van der Waals surface area contributed by atoms with E-state index in [0.717, 1.165) is 11.3 Å². The molecule has 1 rings (SSSR count). The normalized spacial score (nSPS) is 11.0. The molecule has 0 saturated heterocycles. The van der Waals surface area contributed by atoms with Crippen molar-refractivity contribution in [3.63, 3.8) is 0 Å². The molecule has 62 valence electrons. The molecule has 0 fully saturated rings. The molecule has 0 atom stereocenters. The first-order valence-electron chi connectivity index (χ1n) is 3.21. The minimum Gasteiger partial charge on any atom is -0.206 e. The fourth-order valence-corrected chi connectivity index (χ4v) is 1.59. The van der Waals surface area contributed by atoms with Gasteiger partial charge in [-0.1, -0.05) is 6.92 Å². The third-order valence-electron chi connectivity index (χ3n) is 1.31. The highest BCUT2D eigenvalue weighted by Gasteiger charge is 2.16. The van der Waals surface area contributed by atoms with Gasteiger partial charge in [0, 0.05) is 4.88 Å². The van der Waals surface area contributed by atoms with E-state index in [1.807, 2.05) is 0 Å². The molecule has 0 bridgehead atoms. The van der Waals surface area contributed by atoms with Gasteiger partial charge in [0.05, 0.1) is 0 Å². The molecule has 0 spiro atoms. The van der Waals surface area contributed by atoms with E-state index >= 15 is 0 Å². The lowest BCUT2D eigenvalue weighted by Crippen LogP contribution is -1.79. The van der Waals surface area contributed by atoms with Gasteiger partial charge >= 0.3 is 0 Å². The predicted molar refractivity (Wildman–Crippen MR) is 38.6 cm³/mol. The van der Waals surface area contributed by atoms with Gasteiger partial charge in [-0.3, -0.25) is 0 Å². The lowest BCUT2D eigenvalue weighted by atomic mass is 10.3. The lowest BCUT2D eigenvalue weighted by Gasteiger charge is -1.91. The number of halogens is 3. The van der Waals surface area contributed by atoms with Gasteiger partial charge in [0.25, 0.3) is 6.43 Å². The Hall–Kier alpha value is -0.510. The zero-order chi connectivity index (χ0) is 8.43. The van der Waals surface area contributed by atoms with Crippen molar-refractivity contribution >= 4 is 11.3 Å². The monoisotopic (exact) mass is 180 g/mol. The van der Waals surface area contributed by atoms with Crippen molar-refractivity contribution in [2.75, 3.05) is 0 Å². The van der Waals surface area contributed by atoms with Gasteiger partial charge in [0.1, 0.15) is 10.7 Å². The van der Waals surface area contributed by atoms with Crippen molar-refractivity contribution in [3.05, 3.63) is 21.6 Å². The molecule has 1 aromatic heterocycles. The van der Waals surface area contributed by atoms with Crippen LogP contribution in [0.1, 0.15) is 23.1 Å². The zero-order valence-corrected chi connectivity index (χ0v) is 6.72. The molecule has 0 aliphatic rings. The Morgan fingerprint density at radius 1 is 1.55 bits per heavy atom. The molecule has 0 nitrogen and oxygen atoms in total. The van der Waals surface area contributed by atoms with E-state index in [0.29, 0.717) is 11.3 Å². The largest absolute Gasteiger partial charge is 0.275 e. The van der Waals surface area contributed by atoms with E-state index in [4.69, 9.17) is 0 Å². The predicted octanol–water partition coefficient (Wildman–Crippen LogP) is 3.39. The van der Waals surface area contributed by atoms with Gasteiger partial charge in [-0.05, 0) is 12.5 Å². The van der Waals surface area contributed by atoms with Crippen molar-refractivity contribution in [3.8, 4) is 0 Å². The van der Waals surface area contributed by atoms with Gasteiger partial charge < -0.3 is 0 Å². The van der Waals surface area contributed by atoms with Crippen LogP contribution in [0.2, 0.25) is 0 Å². The van der Waals surface area contributed by atoms with E-state index < -0.39 is 17.1 Å². The number of aryl methyl sites for hydroxylation is 1. The second-order valence-corrected chi connectivity index (χ2v) is 3.25. The Bertz CT molecular complexity index is 242. The highest BCUT2D eigenvalue weighted by atomic mass is 32.1. The first-order valence-corrected chi connectivity index (χ1v) is 4.03. The van der Waals surface area contributed by atoms with Crippen LogP contribution in [-0.2, 0) is 6.42 Å². The minimum absolute atomic E-state index is 0.443. The van der Waals surface area contributed by atoms with E-state index in [-0.39, 0.29) is 0 Å². The molecule has 0 aliphatic heterocycles. The number of thiophene rings is 1. The summed E-state index contributed by atoms with van der Waals surface area (Å²) in [6, 6.07) is 1.17. The van der Waals surface area contributed by atoms with E-state index in [1.165, 1.54) is 6.07 Å². The average molecular weight is 180 g/mol. The van der Waals surface area contributed by atoms with Crippen molar-refractivity contribution in [2.24, 2.45) is 0 Å². The van der Waals surface area contributed by atoms with Crippen molar-refractivity contribution in [2.45, 2.75) is 19.8 Å². The Morgan fingerprint density at radius 2 is 2.18 bits per heavy atom. The molecule has 0 radical (unpaired) electrons. The Morgan fingerprint density at radius 3 is 2.45 bits per heavy atom. The topological polar surface area (TPSA) is 0 Å². The third-order valence-corrected chi connectivity index (χ3v) is 2.57. The van der Waals surface area contributed by atoms with Crippen LogP contribution in [0.4, 0.5) is 13.2 Å². The van der Waals surface area contributed by atoms with E-state index in [1.54, 1.807) is 6.92 Å². The number of hydrogen-bond acceptors (Lipinski definition) is 1. The highest BCUT2D eigenvalue weighted by Crippen LogP contribution is 2.30. The maximum Gasteiger partial charge on any atom is 0.275 e. The van der Waals surface area contributed by atoms with E-state index in [9.17, 15) is 13.2 Å². The Labute approximate surface area is 66.7 Å². The Balaban J connectivity index is 2.97. The second kappa shape index (κ2) is 3.26. The molecular weight excluding hydrogens is 173 g/mol. The van der Waals surface area contributed by atoms with Crippen molar-refractivity contribution in [1.82, 2.24) is 0 Å². The van der Waals surface area contributed by atoms with Crippen molar-refractivity contribution < 1.29 is 13.2 Å². The van der Waals surface area contributed by atoms with Crippen LogP contribution in [-0.4, -0.2) is 0 Å². The average Bonchev–Trinajstić information content (AvgIpc) is 2.30. The first-order chi connectivity index (χ1) is 5.15. The summed E-state index contributed by atoms with van der Waals surface area (Å²) in [4.78, 5) is 0.222. The molecule has 0 N–H and O–H groups in total. The van der Waals surface area contributed by atoms with Crippen LogP contribution in [0.5, 0.6) is 0 Å². The zero-order valence-electron chi connectivity index (χ0n) is 5.90. The smallest absolute Gasteiger partial charge is 0.206 e. The van der Waals surface area contributed by atoms with Crippen LogP contribution in [0.15, 0.2) is 6.07 Å². The van der Waals surface area contributed by atoms with Gasteiger partial charge in [-0.15, -0.1) is 11.3 Å². The third kappa shape index (κ3) is 1.74. The summed E-state index contributed by atoms with van der Waals surface area (Å²) in [5.41, 5.74) is 0. The second-order valence-electron chi connectivity index (χ2n) is 2.08. The Kier molecular flexibility index (Phi) is 2.54. The van der Waals surface area contributed by atoms with Crippen LogP contribution in [0, 0.1) is 5.82 Å². The highest BCUT2D eigenvalue weighted by molar-refractivity contribution is 7.12. The summed E-state index contributed by atoms with van der Waals surface area (Å²) in [5, 5.41) is 0. The molecule has 0 unspecified atom stereocenters. The summed E-state index contributed by atoms with van der Waals surface area (Å²) < 4.78 is 36.5. The molecule has 0 amide bonds. The summed E-state index contributed by atoms with van der Waals surface area (Å²) in [7, 11) is 0. The molecule has 1 heterocycles. The van der Waals surface area contributed by atoms with Crippen LogP contribution < -0.4 is 0 Å². The molecular formula is C7H7F3S. The van der Waals surface area contributed by atoms with Crippen LogP contribution >= 0.6 is 11.3 Å². The fraction of sp³-hybridized carbons (Fsp3) is 0.429. The first kappa shape index (κ1) is 8.59. The quantitative estimate of drug-likeness (QED) is 0.654. The fourth-order valence-electron chi connectivity index (χ4n) is 0.755. The summed E-state index contributed by atoms with van der Waals surface area (Å²) in [6.45, 7) is 1.81. The number of hydrogen-bond donors (Lipinski definition) is 0. The van der Waals surface area contributed by atoms with Gasteiger partial charge in [0.2, 0.25) is 0 Å². The molecule has 0 saturated carbocycles. The lowest BCUT2D eigenvalue weighted by molar-refractivity contribution is 0.151. The SMILES string of the molecule is CCc1cc(F)c(C(F)F)s1. The van der Waals surface area contributed by atoms with Gasteiger partial charge in [-0.25, -0.2) is 13.2 Å². The standard InChI is InChI=1S/C7H7F3S/c1-2-4-3-5(8)6(11-4)7(9)10/h3,7H,2H2,1H3. The summed E-state index contributed by atoms with van der Waals surface area (Å²) >= 11 is 0.843. The molecule has 0 aromatic carbocycles.